The van der Waals surface area contributed by atoms with E-state index in [2.05, 4.69) is 15.8 Å². The molecule has 0 unspecified atom stereocenters. The fourth-order valence-electron chi connectivity index (χ4n) is 3.05. The van der Waals surface area contributed by atoms with E-state index in [1.807, 2.05) is 67.6 Å². The third-order valence-electron chi connectivity index (χ3n) is 4.66. The van der Waals surface area contributed by atoms with Crippen molar-refractivity contribution in [3.63, 3.8) is 0 Å². The highest BCUT2D eigenvalue weighted by atomic mass is 16.6. The Morgan fingerprint density at radius 1 is 0.812 bits per heavy atom. The van der Waals surface area contributed by atoms with Crippen molar-refractivity contribution >= 4 is 12.0 Å². The van der Waals surface area contributed by atoms with E-state index >= 15 is 0 Å². The van der Waals surface area contributed by atoms with E-state index in [-0.39, 0.29) is 13.2 Å². The lowest BCUT2D eigenvalue weighted by atomic mass is 10.0. The van der Waals surface area contributed by atoms with Gasteiger partial charge in [0.1, 0.15) is 6.61 Å². The zero-order valence-corrected chi connectivity index (χ0v) is 18.0. The lowest BCUT2D eigenvalue weighted by Gasteiger charge is -2.09. The molecule has 0 aliphatic rings. The second kappa shape index (κ2) is 12.2. The normalized spacial score (nSPS) is 10.4. The summed E-state index contributed by atoms with van der Waals surface area (Å²) in [6.45, 7) is 2.89. The molecule has 0 radical (unpaired) electrons. The zero-order valence-electron chi connectivity index (χ0n) is 18.0. The van der Waals surface area contributed by atoms with Gasteiger partial charge in [0, 0.05) is 23.6 Å². The van der Waals surface area contributed by atoms with Gasteiger partial charge in [0.25, 0.3) is 5.91 Å². The maximum Gasteiger partial charge on any atom is 0.426 e. The number of nitrogens with zero attached hydrogens (tertiary/aromatic N) is 1. The summed E-state index contributed by atoms with van der Waals surface area (Å²) >= 11 is 0. The maximum atomic E-state index is 12.2. The van der Waals surface area contributed by atoms with Gasteiger partial charge in [-0.1, -0.05) is 48.5 Å². The number of hydrogen-bond acceptors (Lipinski definition) is 5. The molecule has 3 aromatic rings. The van der Waals surface area contributed by atoms with E-state index in [1.165, 1.54) is 0 Å². The molecule has 7 heteroatoms. The summed E-state index contributed by atoms with van der Waals surface area (Å²) in [7, 11) is 0. The minimum Gasteiger partial charge on any atom is -0.446 e. The van der Waals surface area contributed by atoms with Crippen LogP contribution < -0.4 is 10.9 Å². The standard InChI is InChI=1S/C25H27N3O4/c1-19-7-5-10-23(26-19)11-6-16-31-17-18-32-25(30)28-27-24(29)22-14-12-21(13-15-22)20-8-3-2-4-9-20/h2-5,7-10,12-15H,6,11,16-18H2,1H3,(H,27,29)(H,28,30). The molecular formula is C25H27N3O4. The molecule has 2 aromatic carbocycles. The highest BCUT2D eigenvalue weighted by Crippen LogP contribution is 2.19. The Kier molecular flexibility index (Phi) is 8.77. The average Bonchev–Trinajstić information content (AvgIpc) is 2.82. The van der Waals surface area contributed by atoms with Crippen LogP contribution in [-0.4, -0.2) is 36.8 Å². The minimum absolute atomic E-state index is 0.0934. The third kappa shape index (κ3) is 7.52. The van der Waals surface area contributed by atoms with E-state index in [0.29, 0.717) is 12.2 Å². The van der Waals surface area contributed by atoms with Crippen molar-refractivity contribution < 1.29 is 19.1 Å². The Morgan fingerprint density at radius 3 is 2.31 bits per heavy atom. The van der Waals surface area contributed by atoms with E-state index in [0.717, 1.165) is 35.4 Å². The number of carbonyl (C=O) groups excluding carboxylic acids is 2. The Labute approximate surface area is 187 Å². The van der Waals surface area contributed by atoms with Gasteiger partial charge in [0.05, 0.1) is 6.61 Å². The smallest absolute Gasteiger partial charge is 0.426 e. The minimum atomic E-state index is -0.744. The molecule has 0 aliphatic heterocycles. The topological polar surface area (TPSA) is 89.5 Å². The number of aryl methyl sites for hydroxylation is 2. The van der Waals surface area contributed by atoms with Gasteiger partial charge in [-0.3, -0.25) is 15.2 Å². The Balaban J connectivity index is 1.27. The van der Waals surface area contributed by atoms with Crippen LogP contribution in [0.3, 0.4) is 0 Å². The van der Waals surface area contributed by atoms with Crippen LogP contribution in [0.25, 0.3) is 11.1 Å². The first-order valence-electron chi connectivity index (χ1n) is 10.5. The average molecular weight is 434 g/mol. The van der Waals surface area contributed by atoms with E-state index in [9.17, 15) is 9.59 Å². The quantitative estimate of drug-likeness (QED) is 0.392. The fraction of sp³-hybridized carbons (Fsp3) is 0.240. The number of aromatic nitrogens is 1. The van der Waals surface area contributed by atoms with Crippen LogP contribution in [0.4, 0.5) is 4.79 Å². The first-order valence-corrected chi connectivity index (χ1v) is 10.5. The molecule has 0 saturated carbocycles. The highest BCUT2D eigenvalue weighted by Gasteiger charge is 2.08. The molecule has 0 aliphatic carbocycles. The summed E-state index contributed by atoms with van der Waals surface area (Å²) in [4.78, 5) is 28.3. The number of hydrogen-bond donors (Lipinski definition) is 2. The summed E-state index contributed by atoms with van der Waals surface area (Å²) in [6, 6.07) is 22.9. The third-order valence-corrected chi connectivity index (χ3v) is 4.66. The second-order valence-corrected chi connectivity index (χ2v) is 7.14. The fourth-order valence-corrected chi connectivity index (χ4v) is 3.05. The molecule has 0 fully saturated rings. The number of ether oxygens (including phenoxy) is 2. The van der Waals surface area contributed by atoms with Crippen LogP contribution in [-0.2, 0) is 15.9 Å². The van der Waals surface area contributed by atoms with Crippen molar-refractivity contribution in [3.8, 4) is 11.1 Å². The largest absolute Gasteiger partial charge is 0.446 e. The second-order valence-electron chi connectivity index (χ2n) is 7.14. The molecular weight excluding hydrogens is 406 g/mol. The van der Waals surface area contributed by atoms with Gasteiger partial charge in [-0.25, -0.2) is 10.2 Å². The Bertz CT molecular complexity index is 1010. The number of hydrazine groups is 1. The van der Waals surface area contributed by atoms with Gasteiger partial charge < -0.3 is 9.47 Å². The summed E-state index contributed by atoms with van der Waals surface area (Å²) in [5.74, 6) is -0.428. The number of rotatable bonds is 9. The monoisotopic (exact) mass is 433 g/mol. The van der Waals surface area contributed by atoms with Crippen molar-refractivity contribution in [3.05, 3.63) is 89.7 Å². The molecule has 0 bridgehead atoms. The van der Waals surface area contributed by atoms with Gasteiger partial charge in [0.2, 0.25) is 0 Å². The summed E-state index contributed by atoms with van der Waals surface area (Å²) in [6.07, 6.45) is 0.926. The molecule has 2 amide bonds. The molecule has 3 rings (SSSR count). The van der Waals surface area contributed by atoms with Gasteiger partial charge in [-0.05, 0) is 55.2 Å². The molecule has 0 saturated heterocycles. The van der Waals surface area contributed by atoms with Crippen molar-refractivity contribution in [2.45, 2.75) is 19.8 Å². The van der Waals surface area contributed by atoms with Gasteiger partial charge in [-0.2, -0.15) is 0 Å². The molecule has 0 spiro atoms. The summed E-state index contributed by atoms with van der Waals surface area (Å²) in [5.41, 5.74) is 9.09. The van der Waals surface area contributed by atoms with Crippen LogP contribution in [0.2, 0.25) is 0 Å². The van der Waals surface area contributed by atoms with Gasteiger partial charge in [-0.15, -0.1) is 0 Å². The van der Waals surface area contributed by atoms with Crippen molar-refractivity contribution in [2.75, 3.05) is 19.8 Å². The van der Waals surface area contributed by atoms with Gasteiger partial charge in [0.15, 0.2) is 0 Å². The van der Waals surface area contributed by atoms with Crippen LogP contribution in [0.1, 0.15) is 28.2 Å². The summed E-state index contributed by atoms with van der Waals surface area (Å²) in [5, 5.41) is 0. The van der Waals surface area contributed by atoms with Crippen molar-refractivity contribution in [1.29, 1.82) is 0 Å². The molecule has 1 heterocycles. The van der Waals surface area contributed by atoms with Crippen LogP contribution in [0, 0.1) is 6.92 Å². The molecule has 32 heavy (non-hydrogen) atoms. The van der Waals surface area contributed by atoms with E-state index < -0.39 is 12.0 Å². The van der Waals surface area contributed by atoms with Crippen molar-refractivity contribution in [2.24, 2.45) is 0 Å². The van der Waals surface area contributed by atoms with Crippen LogP contribution >= 0.6 is 0 Å². The van der Waals surface area contributed by atoms with E-state index in [1.54, 1.807) is 12.1 Å². The SMILES string of the molecule is Cc1cccc(CCCOCCOC(=O)NNC(=O)c2ccc(-c3ccccc3)cc2)n1. The summed E-state index contributed by atoms with van der Waals surface area (Å²) < 4.78 is 10.4. The van der Waals surface area contributed by atoms with Crippen LogP contribution in [0.15, 0.2) is 72.8 Å². The number of pyridine rings is 1. The van der Waals surface area contributed by atoms with Gasteiger partial charge >= 0.3 is 6.09 Å². The number of benzene rings is 2. The molecule has 7 nitrogen and oxygen atoms in total. The number of amides is 2. The Hall–Kier alpha value is -3.71. The highest BCUT2D eigenvalue weighted by molar-refractivity contribution is 5.95. The first-order chi connectivity index (χ1) is 15.6. The predicted octanol–water partition coefficient (Wildman–Crippen LogP) is 4.08. The molecule has 1 aromatic heterocycles. The van der Waals surface area contributed by atoms with E-state index in [4.69, 9.17) is 9.47 Å². The predicted molar refractivity (Wildman–Crippen MR) is 122 cm³/mol. The number of carbonyl (C=O) groups is 2. The van der Waals surface area contributed by atoms with Crippen molar-refractivity contribution in [1.82, 2.24) is 15.8 Å². The molecule has 2 N–H and O–H groups in total. The lowest BCUT2D eigenvalue weighted by molar-refractivity contribution is 0.0683. The molecule has 0 atom stereocenters. The Morgan fingerprint density at radius 2 is 1.56 bits per heavy atom. The van der Waals surface area contributed by atoms with Crippen LogP contribution in [0.5, 0.6) is 0 Å². The first kappa shape index (κ1) is 23.0. The number of nitrogens with one attached hydrogen (secondary N) is 2. The zero-order chi connectivity index (χ0) is 22.6. The lowest BCUT2D eigenvalue weighted by Crippen LogP contribution is -2.42. The molecule has 166 valence electrons. The maximum absolute atomic E-state index is 12.2.